The third-order valence-corrected chi connectivity index (χ3v) is 6.25. The number of carbonyl (C=O) groups excluding carboxylic acids is 2. The van der Waals surface area contributed by atoms with Crippen LogP contribution in [0.3, 0.4) is 0 Å². The number of hydrogen-bond donors (Lipinski definition) is 2. The highest BCUT2D eigenvalue weighted by Gasteiger charge is 2.27. The molecule has 1 saturated heterocycles. The molecule has 0 unspecified atom stereocenters. The Hall–Kier alpha value is -2.44. The van der Waals surface area contributed by atoms with Gasteiger partial charge in [0.1, 0.15) is 39.3 Å². The molecule has 1 fully saturated rings. The second kappa shape index (κ2) is 10.0. The van der Waals surface area contributed by atoms with Crippen molar-refractivity contribution in [2.45, 2.75) is 40.3 Å². The van der Waals surface area contributed by atoms with Crippen molar-refractivity contribution in [1.82, 2.24) is 4.57 Å². The molecule has 30 heavy (non-hydrogen) atoms. The maximum atomic E-state index is 13.0. The van der Waals surface area contributed by atoms with Crippen molar-refractivity contribution in [1.29, 1.82) is 0 Å². The molecule has 2 N–H and O–H groups in total. The first kappa shape index (κ1) is 22.2. The third-order valence-electron chi connectivity index (χ3n) is 6.25. The Balaban J connectivity index is 1.53. The van der Waals surface area contributed by atoms with Crippen LogP contribution >= 0.6 is 0 Å². The Bertz CT molecular complexity index is 895. The Labute approximate surface area is 179 Å². The average Bonchev–Trinajstić information content (AvgIpc) is 3.01. The molecule has 0 aliphatic carbocycles. The van der Waals surface area contributed by atoms with Crippen molar-refractivity contribution in [2.24, 2.45) is 0 Å². The predicted octanol–water partition coefficient (Wildman–Crippen LogP) is 0.143. The molecule has 1 aliphatic heterocycles. The molecular weight excluding hydrogens is 378 g/mol. The number of piperazine rings is 1. The molecule has 1 aliphatic rings. The van der Waals surface area contributed by atoms with E-state index < -0.39 is 0 Å². The van der Waals surface area contributed by atoms with Gasteiger partial charge in [-0.2, -0.15) is 0 Å². The first-order valence-electron chi connectivity index (χ1n) is 10.9. The largest absolute Gasteiger partial charge is 0.469 e. The SMILES string of the molecule is COC(=O)CCn1c(C)cc(C(=O)C[NH+]2CC[NH+](Cc3cccc(C)c3)CC2)c1C. The molecule has 6 heteroatoms. The molecular formula is C24H35N3O3+2. The van der Waals surface area contributed by atoms with E-state index in [0.717, 1.165) is 49.7 Å². The van der Waals surface area contributed by atoms with Crippen LogP contribution < -0.4 is 9.80 Å². The van der Waals surface area contributed by atoms with Crippen molar-refractivity contribution in [3.63, 3.8) is 0 Å². The van der Waals surface area contributed by atoms with Gasteiger partial charge in [-0.15, -0.1) is 0 Å². The van der Waals surface area contributed by atoms with Crippen LogP contribution in [-0.2, 0) is 22.6 Å². The summed E-state index contributed by atoms with van der Waals surface area (Å²) in [5.74, 6) is -0.0320. The van der Waals surface area contributed by atoms with Crippen molar-refractivity contribution < 1.29 is 24.1 Å². The number of hydrogen-bond acceptors (Lipinski definition) is 3. The van der Waals surface area contributed by atoms with Gasteiger partial charge in [-0.1, -0.05) is 29.8 Å². The van der Waals surface area contributed by atoms with Gasteiger partial charge < -0.3 is 19.1 Å². The quantitative estimate of drug-likeness (QED) is 0.478. The molecule has 0 bridgehead atoms. The number of carbonyl (C=O) groups is 2. The minimum atomic E-state index is -0.231. The molecule has 1 aromatic heterocycles. The highest BCUT2D eigenvalue weighted by molar-refractivity contribution is 5.98. The molecule has 162 valence electrons. The topological polar surface area (TPSA) is 57.2 Å². The molecule has 2 heterocycles. The number of methoxy groups -OCH3 is 1. The number of nitrogens with one attached hydrogen (secondary N) is 2. The molecule has 1 aromatic carbocycles. The van der Waals surface area contributed by atoms with E-state index >= 15 is 0 Å². The van der Waals surface area contributed by atoms with Crippen molar-refractivity contribution >= 4 is 11.8 Å². The summed E-state index contributed by atoms with van der Waals surface area (Å²) in [5, 5.41) is 0. The van der Waals surface area contributed by atoms with E-state index in [9.17, 15) is 9.59 Å². The molecule has 6 nitrogen and oxygen atoms in total. The number of quaternary nitrogens is 2. The molecule has 0 spiro atoms. The Morgan fingerprint density at radius 1 is 1.03 bits per heavy atom. The number of ether oxygens (including phenoxy) is 1. The highest BCUT2D eigenvalue weighted by Crippen LogP contribution is 2.16. The maximum Gasteiger partial charge on any atom is 0.307 e. The van der Waals surface area contributed by atoms with Crippen LogP contribution in [0.5, 0.6) is 0 Å². The van der Waals surface area contributed by atoms with Gasteiger partial charge >= 0.3 is 5.97 Å². The Kier molecular flexibility index (Phi) is 7.45. The fourth-order valence-electron chi connectivity index (χ4n) is 4.48. The van der Waals surface area contributed by atoms with Crippen LogP contribution in [0, 0.1) is 20.8 Å². The summed E-state index contributed by atoms with van der Waals surface area (Å²) >= 11 is 0. The predicted molar refractivity (Wildman–Crippen MR) is 116 cm³/mol. The second-order valence-electron chi connectivity index (χ2n) is 8.53. The molecule has 2 aromatic rings. The number of aryl methyl sites for hydroxylation is 2. The first-order chi connectivity index (χ1) is 14.4. The summed E-state index contributed by atoms with van der Waals surface area (Å²) in [6.45, 7) is 12.5. The first-order valence-corrected chi connectivity index (χ1v) is 10.9. The number of Topliss-reactive ketones (excluding diaryl/α,β-unsaturated/α-hetero) is 1. The smallest absolute Gasteiger partial charge is 0.307 e. The van der Waals surface area contributed by atoms with E-state index in [1.807, 2.05) is 24.5 Å². The lowest BCUT2D eigenvalue weighted by atomic mass is 10.1. The minimum Gasteiger partial charge on any atom is -0.469 e. The van der Waals surface area contributed by atoms with Crippen LogP contribution in [0.1, 0.15) is 39.3 Å². The zero-order valence-corrected chi connectivity index (χ0v) is 18.7. The third kappa shape index (κ3) is 5.58. The minimum absolute atomic E-state index is 0.199. The number of esters is 1. The summed E-state index contributed by atoms with van der Waals surface area (Å²) < 4.78 is 6.78. The van der Waals surface area contributed by atoms with Gasteiger partial charge in [-0.05, 0) is 26.8 Å². The lowest BCUT2D eigenvalue weighted by Gasteiger charge is -2.29. The summed E-state index contributed by atoms with van der Waals surface area (Å²) in [6, 6.07) is 10.7. The average molecular weight is 414 g/mol. The summed E-state index contributed by atoms with van der Waals surface area (Å²) in [4.78, 5) is 27.4. The number of rotatable bonds is 8. The Morgan fingerprint density at radius 2 is 1.73 bits per heavy atom. The van der Waals surface area contributed by atoms with Crippen LogP contribution in [0.25, 0.3) is 0 Å². The van der Waals surface area contributed by atoms with Crippen LogP contribution in [0.2, 0.25) is 0 Å². The van der Waals surface area contributed by atoms with E-state index in [0.29, 0.717) is 19.5 Å². The van der Waals surface area contributed by atoms with E-state index in [2.05, 4.69) is 31.2 Å². The molecule has 0 saturated carbocycles. The summed E-state index contributed by atoms with van der Waals surface area (Å²) in [5.41, 5.74) is 5.46. The van der Waals surface area contributed by atoms with Gasteiger partial charge in [0, 0.05) is 29.1 Å². The van der Waals surface area contributed by atoms with Gasteiger partial charge in [-0.3, -0.25) is 9.59 Å². The monoisotopic (exact) mass is 413 g/mol. The van der Waals surface area contributed by atoms with Crippen molar-refractivity contribution in [3.05, 3.63) is 58.4 Å². The van der Waals surface area contributed by atoms with E-state index in [1.54, 1.807) is 4.90 Å². The number of aromatic nitrogens is 1. The second-order valence-corrected chi connectivity index (χ2v) is 8.53. The highest BCUT2D eigenvalue weighted by atomic mass is 16.5. The van der Waals surface area contributed by atoms with E-state index in [1.165, 1.54) is 23.1 Å². The van der Waals surface area contributed by atoms with Gasteiger partial charge in [-0.25, -0.2) is 0 Å². The lowest BCUT2D eigenvalue weighted by Crippen LogP contribution is -3.27. The van der Waals surface area contributed by atoms with Crippen molar-refractivity contribution in [2.75, 3.05) is 39.8 Å². The molecule has 3 rings (SSSR count). The van der Waals surface area contributed by atoms with Gasteiger partial charge in [0.15, 0.2) is 0 Å². The summed E-state index contributed by atoms with van der Waals surface area (Å²) in [7, 11) is 1.40. The lowest BCUT2D eigenvalue weighted by molar-refractivity contribution is -1.01. The van der Waals surface area contributed by atoms with E-state index in [4.69, 9.17) is 4.74 Å². The van der Waals surface area contributed by atoms with Crippen LogP contribution in [0.15, 0.2) is 30.3 Å². The van der Waals surface area contributed by atoms with Gasteiger partial charge in [0.05, 0.1) is 13.5 Å². The molecule has 0 amide bonds. The summed E-state index contributed by atoms with van der Waals surface area (Å²) in [6.07, 6.45) is 0.317. The van der Waals surface area contributed by atoms with Crippen LogP contribution in [0.4, 0.5) is 0 Å². The molecule has 0 atom stereocenters. The Morgan fingerprint density at radius 3 is 2.40 bits per heavy atom. The number of nitrogens with zero attached hydrogens (tertiary/aromatic N) is 1. The standard InChI is InChI=1S/C24H33N3O3/c1-18-6-5-7-21(14-18)16-25-10-12-26(13-11-25)17-23(28)22-15-19(2)27(20(22)3)9-8-24(29)30-4/h5-7,14-15H,8-13,16-17H2,1-4H3/p+2. The zero-order chi connectivity index (χ0) is 21.7. The van der Waals surface area contributed by atoms with E-state index in [-0.39, 0.29) is 11.8 Å². The normalized spacial score (nSPS) is 18.9. The number of benzene rings is 1. The zero-order valence-electron chi connectivity index (χ0n) is 18.7. The molecule has 0 radical (unpaired) electrons. The maximum absolute atomic E-state index is 13.0. The van der Waals surface area contributed by atoms with Gasteiger partial charge in [0.25, 0.3) is 0 Å². The fraction of sp³-hybridized carbons (Fsp3) is 0.500. The van der Waals surface area contributed by atoms with Crippen molar-refractivity contribution in [3.8, 4) is 0 Å². The van der Waals surface area contributed by atoms with Gasteiger partial charge in [0.2, 0.25) is 5.78 Å². The van der Waals surface area contributed by atoms with Crippen LogP contribution in [-0.4, -0.2) is 56.2 Å². The number of ketones is 1. The fourth-order valence-corrected chi connectivity index (χ4v) is 4.48.